The largest absolute Gasteiger partial charge is 0.289 e. The lowest BCUT2D eigenvalue weighted by molar-refractivity contribution is -0.132. The number of amides is 2. The van der Waals surface area contributed by atoms with Gasteiger partial charge in [0.25, 0.3) is 0 Å². The molecule has 2 heterocycles. The van der Waals surface area contributed by atoms with Gasteiger partial charge >= 0.3 is 0 Å². The molecule has 0 fully saturated rings. The second-order valence-electron chi connectivity index (χ2n) is 4.47. The van der Waals surface area contributed by atoms with E-state index in [0.717, 1.165) is 9.78 Å². The second-order valence-corrected chi connectivity index (χ2v) is 5.70. The summed E-state index contributed by atoms with van der Waals surface area (Å²) in [5, 5.41) is 19.3. The molecule has 0 N–H and O–H groups in total. The first-order chi connectivity index (χ1) is 9.42. The summed E-state index contributed by atoms with van der Waals surface area (Å²) in [4.78, 5) is 27.0. The van der Waals surface area contributed by atoms with E-state index in [4.69, 9.17) is 0 Å². The van der Waals surface area contributed by atoms with Crippen LogP contribution in [0.5, 0.6) is 0 Å². The maximum atomic E-state index is 11.9. The Balaban J connectivity index is 2.72. The number of carbonyl (C=O) groups is 2. The molecule has 0 saturated carbocycles. The van der Waals surface area contributed by atoms with Crippen molar-refractivity contribution in [1.29, 1.82) is 10.5 Å². The molecule has 2 rings (SSSR count). The fourth-order valence-electron chi connectivity index (χ4n) is 2.35. The molecular formula is C13H12N4O2S. The van der Waals surface area contributed by atoms with Crippen LogP contribution in [-0.4, -0.2) is 22.9 Å². The van der Waals surface area contributed by atoms with Gasteiger partial charge in [-0.05, 0) is 13.0 Å². The van der Waals surface area contributed by atoms with Gasteiger partial charge in [-0.25, -0.2) is 0 Å². The van der Waals surface area contributed by atoms with Crippen molar-refractivity contribution in [3.63, 3.8) is 0 Å². The highest BCUT2D eigenvalue weighted by atomic mass is 32.1. The molecule has 102 valence electrons. The Hall–Kier alpha value is -2.38. The number of anilines is 1. The molecule has 0 aliphatic carbocycles. The van der Waals surface area contributed by atoms with Gasteiger partial charge in [0.2, 0.25) is 18.0 Å². The van der Waals surface area contributed by atoms with Crippen LogP contribution in [0.25, 0.3) is 0 Å². The zero-order chi connectivity index (χ0) is 15.0. The molecule has 2 atom stereocenters. The molecule has 0 saturated heterocycles. The molecule has 7 heteroatoms. The third kappa shape index (κ3) is 1.93. The molecule has 6 nitrogen and oxygen atoms in total. The Labute approximate surface area is 120 Å². The van der Waals surface area contributed by atoms with Crippen LogP contribution in [0, 0.1) is 29.6 Å². The molecule has 0 spiro atoms. The minimum absolute atomic E-state index is 0.331. The first kappa shape index (κ1) is 14.0. The number of rotatable bonds is 0. The maximum Gasteiger partial charge on any atom is 0.227 e. The highest BCUT2D eigenvalue weighted by molar-refractivity contribution is 7.16. The highest BCUT2D eigenvalue weighted by Gasteiger charge is 2.43. The van der Waals surface area contributed by atoms with Crippen molar-refractivity contribution < 1.29 is 9.59 Å². The number of nitriles is 2. The van der Waals surface area contributed by atoms with Crippen LogP contribution in [0.2, 0.25) is 0 Å². The Morgan fingerprint density at radius 2 is 1.90 bits per heavy atom. The van der Waals surface area contributed by atoms with Crippen LogP contribution in [-0.2, 0) is 9.59 Å². The third-order valence-corrected chi connectivity index (χ3v) is 4.17. The first-order valence-electron chi connectivity index (χ1n) is 5.90. The zero-order valence-corrected chi connectivity index (χ0v) is 12.1. The van der Waals surface area contributed by atoms with Gasteiger partial charge in [-0.2, -0.15) is 10.5 Å². The molecule has 1 aliphatic heterocycles. The average Bonchev–Trinajstić information content (AvgIpc) is 2.75. The van der Waals surface area contributed by atoms with Gasteiger partial charge in [-0.15, -0.1) is 11.3 Å². The van der Waals surface area contributed by atoms with E-state index in [1.165, 1.54) is 30.1 Å². The molecule has 0 bridgehead atoms. The summed E-state index contributed by atoms with van der Waals surface area (Å²) in [6.45, 7) is 4.49. The Kier molecular flexibility index (Phi) is 3.47. The van der Waals surface area contributed by atoms with Crippen LogP contribution in [0.15, 0.2) is 6.07 Å². The topological polar surface area (TPSA) is 88.2 Å². The van der Waals surface area contributed by atoms with Gasteiger partial charge in [-0.1, -0.05) is 0 Å². The summed E-state index contributed by atoms with van der Waals surface area (Å²) in [6, 6.07) is 4.94. The fraction of sp³-hybridized carbons (Fsp3) is 0.385. The summed E-state index contributed by atoms with van der Waals surface area (Å²) in [5.41, 5.74) is 0.604. The van der Waals surface area contributed by atoms with E-state index in [9.17, 15) is 20.1 Å². The van der Waals surface area contributed by atoms with Crippen LogP contribution in [0.4, 0.5) is 5.00 Å². The van der Waals surface area contributed by atoms with Gasteiger partial charge in [-0.3, -0.25) is 19.4 Å². The number of hydrogen-bond donors (Lipinski definition) is 0. The lowest BCUT2D eigenvalue weighted by Crippen LogP contribution is -2.55. The summed E-state index contributed by atoms with van der Waals surface area (Å²) < 4.78 is 0. The number of aryl methyl sites for hydroxylation is 1. The third-order valence-electron chi connectivity index (χ3n) is 3.10. The summed E-state index contributed by atoms with van der Waals surface area (Å²) >= 11 is 1.34. The van der Waals surface area contributed by atoms with Gasteiger partial charge in [0, 0.05) is 24.3 Å². The molecule has 2 amide bonds. The smallest absolute Gasteiger partial charge is 0.227 e. The quantitative estimate of drug-likeness (QED) is 0.726. The monoisotopic (exact) mass is 288 g/mol. The summed E-state index contributed by atoms with van der Waals surface area (Å²) in [7, 11) is 0. The van der Waals surface area contributed by atoms with Crippen molar-refractivity contribution >= 4 is 28.2 Å². The van der Waals surface area contributed by atoms with Gasteiger partial charge in [0.05, 0.1) is 6.07 Å². The number of hydrogen-bond acceptors (Lipinski definition) is 5. The van der Waals surface area contributed by atoms with Crippen LogP contribution < -0.4 is 4.90 Å². The van der Waals surface area contributed by atoms with E-state index in [1.54, 1.807) is 6.07 Å². The molecular weight excluding hydrogens is 276 g/mol. The standard InChI is InChI=1S/C13H12N4O2S/c1-7-4-10-11(5-14)16(8(2)18)12(6-15)17(9(3)19)13(10)20-7/h4,11-12H,1-3H3. The molecule has 0 radical (unpaired) electrons. The van der Waals surface area contributed by atoms with Gasteiger partial charge < -0.3 is 0 Å². The van der Waals surface area contributed by atoms with Crippen LogP contribution in [0.1, 0.15) is 30.3 Å². The normalized spacial score (nSPS) is 20.9. The van der Waals surface area contributed by atoms with Gasteiger partial charge in [0.15, 0.2) is 6.04 Å². The molecule has 1 aromatic rings. The minimum atomic E-state index is -1.08. The number of nitrogens with zero attached hydrogens (tertiary/aromatic N) is 4. The van der Waals surface area contributed by atoms with E-state index < -0.39 is 18.1 Å². The predicted molar refractivity (Wildman–Crippen MR) is 72.5 cm³/mol. The molecule has 20 heavy (non-hydrogen) atoms. The van der Waals surface area contributed by atoms with Gasteiger partial charge in [0.1, 0.15) is 11.1 Å². The molecule has 2 unspecified atom stereocenters. The molecule has 0 aromatic carbocycles. The minimum Gasteiger partial charge on any atom is -0.289 e. The number of fused-ring (bicyclic) bond motifs is 1. The van der Waals surface area contributed by atoms with E-state index in [-0.39, 0.29) is 5.91 Å². The number of carbonyl (C=O) groups excluding carboxylic acids is 2. The van der Waals surface area contributed by atoms with E-state index in [0.29, 0.717) is 10.6 Å². The Bertz CT molecular complexity index is 667. The second kappa shape index (κ2) is 4.95. The van der Waals surface area contributed by atoms with Crippen molar-refractivity contribution in [2.75, 3.05) is 4.90 Å². The SMILES string of the molecule is CC(=O)N1c2sc(C)cc2C(C#N)N(C(C)=O)C1C#N. The van der Waals surface area contributed by atoms with E-state index in [1.807, 2.05) is 13.0 Å². The van der Waals surface area contributed by atoms with Crippen molar-refractivity contribution in [3.8, 4) is 12.1 Å². The average molecular weight is 288 g/mol. The van der Waals surface area contributed by atoms with Crippen molar-refractivity contribution in [3.05, 3.63) is 16.5 Å². The Morgan fingerprint density at radius 3 is 2.35 bits per heavy atom. The van der Waals surface area contributed by atoms with Crippen LogP contribution >= 0.6 is 11.3 Å². The first-order valence-corrected chi connectivity index (χ1v) is 6.72. The molecule has 1 aliphatic rings. The summed E-state index contributed by atoms with van der Waals surface area (Å²) in [6.07, 6.45) is -1.08. The zero-order valence-electron chi connectivity index (χ0n) is 11.2. The molecule has 1 aromatic heterocycles. The van der Waals surface area contributed by atoms with E-state index in [2.05, 4.69) is 6.07 Å². The van der Waals surface area contributed by atoms with Crippen molar-refractivity contribution in [1.82, 2.24) is 4.90 Å². The lowest BCUT2D eigenvalue weighted by Gasteiger charge is -2.41. The fourth-order valence-corrected chi connectivity index (χ4v) is 3.46. The van der Waals surface area contributed by atoms with E-state index >= 15 is 0 Å². The highest BCUT2D eigenvalue weighted by Crippen LogP contribution is 2.43. The number of thiophene rings is 1. The maximum absolute atomic E-state index is 11.9. The Morgan fingerprint density at radius 1 is 1.25 bits per heavy atom. The van der Waals surface area contributed by atoms with Crippen LogP contribution in [0.3, 0.4) is 0 Å². The predicted octanol–water partition coefficient (Wildman–Crippen LogP) is 1.69. The van der Waals surface area contributed by atoms with Crippen molar-refractivity contribution in [2.24, 2.45) is 0 Å². The van der Waals surface area contributed by atoms with Crippen molar-refractivity contribution in [2.45, 2.75) is 33.0 Å². The summed E-state index contributed by atoms with van der Waals surface area (Å²) in [5.74, 6) is -0.744. The lowest BCUT2D eigenvalue weighted by atomic mass is 10.0.